The van der Waals surface area contributed by atoms with Gasteiger partial charge in [-0.15, -0.1) is 0 Å². The zero-order valence-electron chi connectivity index (χ0n) is 13.9. The molecule has 9 heteroatoms. The van der Waals surface area contributed by atoms with Crippen LogP contribution in [-0.2, 0) is 4.74 Å². The number of imidazole rings is 1. The molecule has 2 aromatic rings. The minimum atomic E-state index is -1.18. The molecule has 0 saturated carbocycles. The number of aromatic nitrogens is 4. The fourth-order valence-corrected chi connectivity index (χ4v) is 2.63. The molecule has 1 aliphatic rings. The molecule has 2 aromatic heterocycles. The van der Waals surface area contributed by atoms with Crippen molar-refractivity contribution in [3.63, 3.8) is 0 Å². The Hall–Kier alpha value is -1.81. The van der Waals surface area contributed by atoms with E-state index in [2.05, 4.69) is 41.0 Å². The molecule has 1 unspecified atom stereocenters. The molecule has 0 spiro atoms. The Morgan fingerprint density at radius 2 is 1.96 bits per heavy atom. The summed E-state index contributed by atoms with van der Waals surface area (Å²) in [5, 5.41) is 32.6. The van der Waals surface area contributed by atoms with Crippen LogP contribution in [0.1, 0.15) is 27.0 Å². The maximum Gasteiger partial charge on any atom is 0.167 e. The summed E-state index contributed by atoms with van der Waals surface area (Å²) >= 11 is 0. The molecule has 0 amide bonds. The van der Waals surface area contributed by atoms with E-state index in [4.69, 9.17) is 4.74 Å². The molecule has 1 aliphatic heterocycles. The highest BCUT2D eigenvalue weighted by atomic mass is 16.6. The molecule has 1 saturated heterocycles. The van der Waals surface area contributed by atoms with Crippen LogP contribution in [0.2, 0.25) is 0 Å². The average molecular weight is 337 g/mol. The van der Waals surface area contributed by atoms with Crippen LogP contribution in [-0.4, -0.2) is 66.3 Å². The Balaban J connectivity index is 1.91. The second-order valence-corrected chi connectivity index (χ2v) is 7.19. The van der Waals surface area contributed by atoms with E-state index in [0.717, 1.165) is 0 Å². The highest BCUT2D eigenvalue weighted by molar-refractivity contribution is 5.82. The van der Waals surface area contributed by atoms with E-state index >= 15 is 0 Å². The summed E-state index contributed by atoms with van der Waals surface area (Å²) in [6, 6.07) is 0. The van der Waals surface area contributed by atoms with Gasteiger partial charge >= 0.3 is 0 Å². The zero-order chi connectivity index (χ0) is 17.5. The number of aliphatic hydroxyl groups excluding tert-OH is 3. The molecule has 0 radical (unpaired) electrons. The summed E-state index contributed by atoms with van der Waals surface area (Å²) in [7, 11) is 0. The van der Waals surface area contributed by atoms with Crippen molar-refractivity contribution in [1.82, 2.24) is 19.5 Å². The van der Waals surface area contributed by atoms with Gasteiger partial charge in [-0.2, -0.15) is 0 Å². The van der Waals surface area contributed by atoms with Gasteiger partial charge in [0.2, 0.25) is 0 Å². The highest BCUT2D eigenvalue weighted by Crippen LogP contribution is 2.32. The van der Waals surface area contributed by atoms with Crippen LogP contribution in [0.15, 0.2) is 12.7 Å². The number of hydrogen-bond acceptors (Lipinski definition) is 8. The van der Waals surface area contributed by atoms with Gasteiger partial charge in [-0.25, -0.2) is 15.0 Å². The fraction of sp³-hybridized carbons (Fsp3) is 0.667. The van der Waals surface area contributed by atoms with E-state index in [1.165, 1.54) is 12.7 Å². The van der Waals surface area contributed by atoms with Crippen molar-refractivity contribution in [2.45, 2.75) is 45.3 Å². The largest absolute Gasteiger partial charge is 0.394 e. The van der Waals surface area contributed by atoms with Gasteiger partial charge in [0, 0.05) is 6.54 Å². The van der Waals surface area contributed by atoms with Gasteiger partial charge in [0.05, 0.1) is 12.9 Å². The summed E-state index contributed by atoms with van der Waals surface area (Å²) in [6.45, 7) is 6.65. The molecular formula is C15H23N5O4. The minimum absolute atomic E-state index is 0.0725. The van der Waals surface area contributed by atoms with Crippen molar-refractivity contribution in [1.29, 1.82) is 0 Å². The van der Waals surface area contributed by atoms with Crippen molar-refractivity contribution in [3.8, 4) is 0 Å². The van der Waals surface area contributed by atoms with Crippen molar-refractivity contribution in [2.24, 2.45) is 5.41 Å². The van der Waals surface area contributed by atoms with E-state index in [1.54, 1.807) is 4.57 Å². The van der Waals surface area contributed by atoms with Gasteiger partial charge in [-0.1, -0.05) is 20.8 Å². The Kier molecular flexibility index (Phi) is 4.43. The molecule has 0 aliphatic carbocycles. The van der Waals surface area contributed by atoms with Crippen LogP contribution in [0.25, 0.3) is 11.2 Å². The first-order chi connectivity index (χ1) is 11.3. The molecule has 0 bridgehead atoms. The lowest BCUT2D eigenvalue weighted by molar-refractivity contribution is -0.0511. The monoisotopic (exact) mass is 337 g/mol. The first-order valence-electron chi connectivity index (χ1n) is 7.85. The number of hydrogen-bond donors (Lipinski definition) is 4. The van der Waals surface area contributed by atoms with Crippen LogP contribution in [0.5, 0.6) is 0 Å². The zero-order valence-corrected chi connectivity index (χ0v) is 13.9. The van der Waals surface area contributed by atoms with Gasteiger partial charge in [0.15, 0.2) is 23.2 Å². The van der Waals surface area contributed by atoms with Gasteiger partial charge < -0.3 is 25.4 Å². The lowest BCUT2D eigenvalue weighted by Gasteiger charge is -2.19. The minimum Gasteiger partial charge on any atom is -0.394 e. The molecule has 3 heterocycles. The Labute approximate surface area is 139 Å². The number of anilines is 1. The molecule has 9 nitrogen and oxygen atoms in total. The molecule has 1 fully saturated rings. The second kappa shape index (κ2) is 6.25. The molecule has 3 rings (SSSR count). The normalized spacial score (nSPS) is 27.8. The maximum atomic E-state index is 10.2. The van der Waals surface area contributed by atoms with Crippen LogP contribution >= 0.6 is 0 Å². The van der Waals surface area contributed by atoms with Gasteiger partial charge in [-0.05, 0) is 5.41 Å². The molecule has 24 heavy (non-hydrogen) atoms. The highest BCUT2D eigenvalue weighted by Gasteiger charge is 2.44. The molecular weight excluding hydrogens is 314 g/mol. The summed E-state index contributed by atoms with van der Waals surface area (Å²) in [6.07, 6.45) is -1.16. The van der Waals surface area contributed by atoms with Gasteiger partial charge in [0.1, 0.15) is 24.6 Å². The summed E-state index contributed by atoms with van der Waals surface area (Å²) < 4.78 is 7.08. The lowest BCUT2D eigenvalue weighted by Crippen LogP contribution is -2.33. The summed E-state index contributed by atoms with van der Waals surface area (Å²) in [5.74, 6) is 0.598. The standard InChI is InChI=1S/C15H23N5O4/c1-15(2,3)5-16-12-9-13(18-6-17-12)20(7-19-9)14-11(23)10(22)8(4-21)24-14/h6-8,10-11,14,21-23H,4-5H2,1-3H3,(H,16,17,18)/t8-,10-,11-,14?/m1/s1. The van der Waals surface area contributed by atoms with E-state index < -0.39 is 24.5 Å². The van der Waals surface area contributed by atoms with Gasteiger partial charge in [0.25, 0.3) is 0 Å². The number of rotatable bonds is 4. The summed E-state index contributed by atoms with van der Waals surface area (Å²) in [5.41, 5.74) is 1.11. The third kappa shape index (κ3) is 3.07. The Morgan fingerprint density at radius 3 is 2.58 bits per heavy atom. The molecule has 132 valence electrons. The van der Waals surface area contributed by atoms with E-state index in [-0.39, 0.29) is 12.0 Å². The third-order valence-electron chi connectivity index (χ3n) is 3.94. The predicted octanol–water partition coefficient (Wildman–Crippen LogP) is -0.104. The summed E-state index contributed by atoms with van der Waals surface area (Å²) in [4.78, 5) is 12.8. The smallest absolute Gasteiger partial charge is 0.167 e. The molecule has 0 aromatic carbocycles. The molecule has 4 atom stereocenters. The van der Waals surface area contributed by atoms with Crippen molar-refractivity contribution >= 4 is 17.0 Å². The predicted molar refractivity (Wildman–Crippen MR) is 86.3 cm³/mol. The van der Waals surface area contributed by atoms with E-state index in [1.807, 2.05) is 0 Å². The van der Waals surface area contributed by atoms with Gasteiger partial charge in [-0.3, -0.25) is 4.57 Å². The van der Waals surface area contributed by atoms with Crippen molar-refractivity contribution in [2.75, 3.05) is 18.5 Å². The van der Waals surface area contributed by atoms with Crippen LogP contribution in [0, 0.1) is 5.41 Å². The molecule has 4 N–H and O–H groups in total. The number of ether oxygens (including phenoxy) is 1. The first-order valence-corrected chi connectivity index (χ1v) is 7.85. The van der Waals surface area contributed by atoms with E-state index in [9.17, 15) is 15.3 Å². The topological polar surface area (TPSA) is 126 Å². The third-order valence-corrected chi connectivity index (χ3v) is 3.94. The second-order valence-electron chi connectivity index (χ2n) is 7.19. The SMILES string of the molecule is CC(C)(C)CNc1ncnc2c1ncn2C1O[C@H](CO)[C@@H](O)[C@H]1O. The van der Waals surface area contributed by atoms with Crippen molar-refractivity contribution in [3.05, 3.63) is 12.7 Å². The average Bonchev–Trinajstić information content (AvgIpc) is 3.07. The van der Waals surface area contributed by atoms with Crippen molar-refractivity contribution < 1.29 is 20.1 Å². The number of fused-ring (bicyclic) bond motifs is 1. The van der Waals surface area contributed by atoms with Crippen LogP contribution in [0.3, 0.4) is 0 Å². The Bertz CT molecular complexity index is 713. The fourth-order valence-electron chi connectivity index (χ4n) is 2.63. The van der Waals surface area contributed by atoms with E-state index in [0.29, 0.717) is 23.5 Å². The first kappa shape index (κ1) is 17.0. The number of nitrogens with zero attached hydrogens (tertiary/aromatic N) is 4. The Morgan fingerprint density at radius 1 is 1.21 bits per heavy atom. The number of nitrogens with one attached hydrogen (secondary N) is 1. The number of aliphatic hydroxyl groups is 3. The van der Waals surface area contributed by atoms with Crippen LogP contribution < -0.4 is 5.32 Å². The quantitative estimate of drug-likeness (QED) is 0.609. The lowest BCUT2D eigenvalue weighted by atomic mass is 9.97. The van der Waals surface area contributed by atoms with Crippen LogP contribution in [0.4, 0.5) is 5.82 Å². The maximum absolute atomic E-state index is 10.2.